The van der Waals surface area contributed by atoms with Crippen LogP contribution in [0, 0.1) is 11.8 Å². The second kappa shape index (κ2) is 5.67. The van der Waals surface area contributed by atoms with Gasteiger partial charge in [-0.3, -0.25) is 4.79 Å². The van der Waals surface area contributed by atoms with Crippen molar-refractivity contribution in [3.8, 4) is 0 Å². The van der Waals surface area contributed by atoms with Gasteiger partial charge in [0.05, 0.1) is 6.54 Å². The first kappa shape index (κ1) is 11.9. The highest BCUT2D eigenvalue weighted by Crippen LogP contribution is 2.28. The summed E-state index contributed by atoms with van der Waals surface area (Å²) < 4.78 is 0. The van der Waals surface area contributed by atoms with E-state index in [1.54, 1.807) is 0 Å². The Labute approximate surface area is 98.6 Å². The molecule has 0 atom stereocenters. The van der Waals surface area contributed by atoms with Crippen molar-refractivity contribution in [2.75, 3.05) is 26.2 Å². The molecule has 0 radical (unpaired) electrons. The highest BCUT2D eigenvalue weighted by molar-refractivity contribution is 5.78. The van der Waals surface area contributed by atoms with E-state index in [1.807, 2.05) is 4.90 Å². The molecular formula is C13H24N2O. The van der Waals surface area contributed by atoms with E-state index in [1.165, 1.54) is 32.1 Å². The van der Waals surface area contributed by atoms with Gasteiger partial charge in [0.25, 0.3) is 0 Å². The largest absolute Gasteiger partial charge is 0.342 e. The topological polar surface area (TPSA) is 32.3 Å². The Bertz CT molecular complexity index is 234. The SMILES string of the molecule is CCN(CC1CCC1)C(=O)CNCC1CC1. The lowest BCUT2D eigenvalue weighted by molar-refractivity contribution is -0.131. The van der Waals surface area contributed by atoms with E-state index < -0.39 is 0 Å². The monoisotopic (exact) mass is 224 g/mol. The molecule has 2 fully saturated rings. The highest BCUT2D eigenvalue weighted by Gasteiger charge is 2.24. The Morgan fingerprint density at radius 2 is 2.00 bits per heavy atom. The fraction of sp³-hybridized carbons (Fsp3) is 0.923. The summed E-state index contributed by atoms with van der Waals surface area (Å²) in [4.78, 5) is 13.9. The molecule has 3 nitrogen and oxygen atoms in total. The second-order valence-electron chi connectivity index (χ2n) is 5.30. The number of hydrogen-bond acceptors (Lipinski definition) is 2. The van der Waals surface area contributed by atoms with Gasteiger partial charge >= 0.3 is 0 Å². The van der Waals surface area contributed by atoms with E-state index in [0.717, 1.165) is 31.5 Å². The fourth-order valence-electron chi connectivity index (χ4n) is 2.21. The van der Waals surface area contributed by atoms with Crippen LogP contribution in [0.1, 0.15) is 39.0 Å². The molecule has 2 aliphatic rings. The van der Waals surface area contributed by atoms with Crippen LogP contribution in [0.15, 0.2) is 0 Å². The summed E-state index contributed by atoms with van der Waals surface area (Å²) in [5.41, 5.74) is 0. The first-order chi connectivity index (χ1) is 7.79. The highest BCUT2D eigenvalue weighted by atomic mass is 16.2. The third-order valence-corrected chi connectivity index (χ3v) is 3.84. The molecule has 16 heavy (non-hydrogen) atoms. The number of likely N-dealkylation sites (N-methyl/N-ethyl adjacent to an activating group) is 1. The lowest BCUT2D eigenvalue weighted by atomic mass is 9.85. The van der Waals surface area contributed by atoms with Gasteiger partial charge in [0.2, 0.25) is 5.91 Å². The number of carbonyl (C=O) groups is 1. The summed E-state index contributed by atoms with van der Waals surface area (Å²) in [7, 11) is 0. The van der Waals surface area contributed by atoms with Crippen LogP contribution >= 0.6 is 0 Å². The first-order valence-electron chi connectivity index (χ1n) is 6.78. The van der Waals surface area contributed by atoms with Gasteiger partial charge in [-0.1, -0.05) is 6.42 Å². The number of nitrogens with zero attached hydrogens (tertiary/aromatic N) is 1. The zero-order valence-electron chi connectivity index (χ0n) is 10.4. The second-order valence-corrected chi connectivity index (χ2v) is 5.30. The molecule has 1 amide bonds. The van der Waals surface area contributed by atoms with Crippen LogP contribution < -0.4 is 5.32 Å². The Balaban J connectivity index is 1.62. The molecule has 0 heterocycles. The predicted molar refractivity (Wildman–Crippen MR) is 65.2 cm³/mol. The molecule has 0 bridgehead atoms. The molecule has 0 aliphatic heterocycles. The van der Waals surface area contributed by atoms with E-state index in [0.29, 0.717) is 6.54 Å². The Morgan fingerprint density at radius 3 is 2.50 bits per heavy atom. The van der Waals surface area contributed by atoms with E-state index in [4.69, 9.17) is 0 Å². The molecule has 1 N–H and O–H groups in total. The molecule has 0 aromatic carbocycles. The summed E-state index contributed by atoms with van der Waals surface area (Å²) in [5.74, 6) is 1.93. The van der Waals surface area contributed by atoms with Crippen LogP contribution in [0.2, 0.25) is 0 Å². The van der Waals surface area contributed by atoms with Gasteiger partial charge in [-0.05, 0) is 51.0 Å². The smallest absolute Gasteiger partial charge is 0.236 e. The van der Waals surface area contributed by atoms with Gasteiger partial charge in [-0.15, -0.1) is 0 Å². The van der Waals surface area contributed by atoms with Gasteiger partial charge in [-0.25, -0.2) is 0 Å². The van der Waals surface area contributed by atoms with E-state index >= 15 is 0 Å². The van der Waals surface area contributed by atoms with E-state index in [2.05, 4.69) is 12.2 Å². The van der Waals surface area contributed by atoms with E-state index in [9.17, 15) is 4.79 Å². The third kappa shape index (κ3) is 3.48. The van der Waals surface area contributed by atoms with Gasteiger partial charge < -0.3 is 10.2 Å². The Morgan fingerprint density at radius 1 is 1.25 bits per heavy atom. The average molecular weight is 224 g/mol. The normalized spacial score (nSPS) is 20.6. The van der Waals surface area contributed by atoms with Crippen LogP contribution in [-0.4, -0.2) is 37.0 Å². The maximum atomic E-state index is 11.9. The van der Waals surface area contributed by atoms with Crippen molar-refractivity contribution in [3.63, 3.8) is 0 Å². The van der Waals surface area contributed by atoms with E-state index in [-0.39, 0.29) is 5.91 Å². The molecule has 0 saturated heterocycles. The minimum absolute atomic E-state index is 0.287. The van der Waals surface area contributed by atoms with Crippen molar-refractivity contribution in [2.45, 2.75) is 39.0 Å². The van der Waals surface area contributed by atoms with Crippen molar-refractivity contribution in [1.82, 2.24) is 10.2 Å². The molecule has 0 spiro atoms. The van der Waals surface area contributed by atoms with Crippen molar-refractivity contribution in [1.29, 1.82) is 0 Å². The summed E-state index contributed by atoms with van der Waals surface area (Å²) >= 11 is 0. The minimum atomic E-state index is 0.287. The predicted octanol–water partition coefficient (Wildman–Crippen LogP) is 1.63. The third-order valence-electron chi connectivity index (χ3n) is 3.84. The number of amides is 1. The van der Waals surface area contributed by atoms with Crippen LogP contribution in [0.4, 0.5) is 0 Å². The molecule has 2 rings (SSSR count). The number of rotatable bonds is 7. The van der Waals surface area contributed by atoms with Gasteiger partial charge in [0.15, 0.2) is 0 Å². The molecule has 3 heteroatoms. The molecule has 2 aliphatic carbocycles. The van der Waals surface area contributed by atoms with Crippen LogP contribution in [0.3, 0.4) is 0 Å². The first-order valence-corrected chi connectivity index (χ1v) is 6.78. The summed E-state index contributed by atoms with van der Waals surface area (Å²) in [5, 5.41) is 3.28. The van der Waals surface area contributed by atoms with Crippen molar-refractivity contribution >= 4 is 5.91 Å². The molecule has 0 aromatic heterocycles. The van der Waals surface area contributed by atoms with Crippen LogP contribution in [-0.2, 0) is 4.79 Å². The summed E-state index contributed by atoms with van der Waals surface area (Å²) in [6.45, 7) is 5.50. The lowest BCUT2D eigenvalue weighted by Crippen LogP contribution is -2.42. The average Bonchev–Trinajstić information content (AvgIpc) is 3.00. The van der Waals surface area contributed by atoms with Crippen LogP contribution in [0.5, 0.6) is 0 Å². The summed E-state index contributed by atoms with van der Waals surface area (Å²) in [6.07, 6.45) is 6.69. The molecule has 0 aromatic rings. The maximum Gasteiger partial charge on any atom is 0.236 e. The van der Waals surface area contributed by atoms with Crippen LogP contribution in [0.25, 0.3) is 0 Å². The van der Waals surface area contributed by atoms with Crippen molar-refractivity contribution in [2.24, 2.45) is 11.8 Å². The molecule has 0 unspecified atom stereocenters. The fourth-order valence-corrected chi connectivity index (χ4v) is 2.21. The number of nitrogens with one attached hydrogen (secondary N) is 1. The standard InChI is InChI=1S/C13H24N2O/c1-2-15(10-12-4-3-5-12)13(16)9-14-8-11-6-7-11/h11-12,14H,2-10H2,1H3. The van der Waals surface area contributed by atoms with Gasteiger partial charge in [-0.2, -0.15) is 0 Å². The van der Waals surface area contributed by atoms with Gasteiger partial charge in [0, 0.05) is 13.1 Å². The maximum absolute atomic E-state index is 11.9. The van der Waals surface area contributed by atoms with Crippen molar-refractivity contribution < 1.29 is 4.79 Å². The minimum Gasteiger partial charge on any atom is -0.342 e. The Hall–Kier alpha value is -0.570. The molecule has 92 valence electrons. The zero-order valence-corrected chi connectivity index (χ0v) is 10.4. The summed E-state index contributed by atoms with van der Waals surface area (Å²) in [6, 6.07) is 0. The molecule has 2 saturated carbocycles. The lowest BCUT2D eigenvalue weighted by Gasteiger charge is -2.31. The van der Waals surface area contributed by atoms with Gasteiger partial charge in [0.1, 0.15) is 0 Å². The van der Waals surface area contributed by atoms with Crippen molar-refractivity contribution in [3.05, 3.63) is 0 Å². The number of carbonyl (C=O) groups excluding carboxylic acids is 1. The zero-order chi connectivity index (χ0) is 11.4. The number of hydrogen-bond donors (Lipinski definition) is 1. The quantitative estimate of drug-likeness (QED) is 0.713. The molecular weight excluding hydrogens is 200 g/mol. The Kier molecular flexibility index (Phi) is 4.22.